The van der Waals surface area contributed by atoms with Crippen molar-refractivity contribution in [2.45, 2.75) is 0 Å². The van der Waals surface area contributed by atoms with Gasteiger partial charge in [0.15, 0.2) is 0 Å². The van der Waals surface area contributed by atoms with E-state index in [-0.39, 0.29) is 92.6 Å². The summed E-state index contributed by atoms with van der Waals surface area (Å²) in [6.07, 6.45) is 0. The van der Waals surface area contributed by atoms with Crippen LogP contribution in [0.1, 0.15) is 0 Å². The van der Waals surface area contributed by atoms with E-state index in [2.05, 4.69) is 0 Å². The Hall–Kier alpha value is 1.72. The van der Waals surface area contributed by atoms with Gasteiger partial charge < -0.3 is 0 Å². The minimum atomic E-state index is -0.122. The molecule has 3 aromatic rings. The third kappa shape index (κ3) is 4.48. The summed E-state index contributed by atoms with van der Waals surface area (Å²) in [5.41, 5.74) is 0.201. The molecule has 0 heterocycles. The minimum absolute atomic E-state index is 0.0425. The predicted octanol–water partition coefficient (Wildman–Crippen LogP) is 14.2. The standard InChI is InChI=1S/C18Cl14/c19-5-1(3-9(23)13(27)17(31)14(28)10(3)24)6(20)8(22)2(7(5)21)4-11(25)15(29)18(32)16(30)12(4)26. The summed E-state index contributed by atoms with van der Waals surface area (Å²) in [5.74, 6) is 0. The van der Waals surface area contributed by atoms with E-state index in [0.29, 0.717) is 0 Å². The minimum Gasteiger partial charge on any atom is -0.0819 e. The molecule has 170 valence electrons. The second-order valence-electron chi connectivity index (χ2n) is 5.90. The monoisotopic (exact) mass is 706 g/mol. The first-order chi connectivity index (χ1) is 14.7. The molecule has 0 nitrogen and oxygen atoms in total. The van der Waals surface area contributed by atoms with Gasteiger partial charge in [0.05, 0.1) is 70.3 Å². The average molecular weight is 713 g/mol. The van der Waals surface area contributed by atoms with Crippen LogP contribution >= 0.6 is 162 Å². The number of hydrogen-bond donors (Lipinski definition) is 0. The molecule has 32 heavy (non-hydrogen) atoms. The summed E-state index contributed by atoms with van der Waals surface area (Å²) in [5, 5.41) is -1.24. The summed E-state index contributed by atoms with van der Waals surface area (Å²) in [6, 6.07) is 0. The Morgan fingerprint density at radius 3 is 0.406 bits per heavy atom. The molecule has 0 bridgehead atoms. The van der Waals surface area contributed by atoms with Gasteiger partial charge in [0.25, 0.3) is 0 Å². The SMILES string of the molecule is Clc1c(Cl)c(Cl)c(-c2c(Cl)c(Cl)c(-c3c(Cl)c(Cl)c(Cl)c(Cl)c3Cl)c(Cl)c2Cl)c(Cl)c1Cl. The van der Waals surface area contributed by atoms with Gasteiger partial charge in [-0.2, -0.15) is 0 Å². The molecular formula is C18Cl14. The highest BCUT2D eigenvalue weighted by Crippen LogP contribution is 2.58. The van der Waals surface area contributed by atoms with Crippen LogP contribution in [0.2, 0.25) is 70.3 Å². The van der Waals surface area contributed by atoms with Crippen LogP contribution in [0.4, 0.5) is 0 Å². The zero-order valence-corrected chi connectivity index (χ0v) is 24.9. The topological polar surface area (TPSA) is 0 Å². The molecule has 3 aromatic carbocycles. The molecule has 14 heteroatoms. The number of benzene rings is 3. The first-order valence-electron chi connectivity index (χ1n) is 7.65. The molecule has 0 spiro atoms. The zero-order chi connectivity index (χ0) is 24.4. The third-order valence-electron chi connectivity index (χ3n) is 4.18. The fraction of sp³-hybridized carbons (Fsp3) is 0. The molecular weight excluding hydrogens is 713 g/mol. The van der Waals surface area contributed by atoms with Gasteiger partial charge >= 0.3 is 0 Å². The van der Waals surface area contributed by atoms with Crippen molar-refractivity contribution < 1.29 is 0 Å². The Balaban J connectivity index is 2.50. The van der Waals surface area contributed by atoms with E-state index in [9.17, 15) is 0 Å². The maximum atomic E-state index is 6.57. The number of rotatable bonds is 2. The highest BCUT2D eigenvalue weighted by atomic mass is 35.5. The van der Waals surface area contributed by atoms with Gasteiger partial charge in [-0.15, -0.1) is 0 Å². The van der Waals surface area contributed by atoms with Crippen LogP contribution in [0.25, 0.3) is 22.3 Å². The average Bonchev–Trinajstić information content (AvgIpc) is 2.76. The van der Waals surface area contributed by atoms with E-state index in [1.54, 1.807) is 0 Å². The lowest BCUT2D eigenvalue weighted by atomic mass is 9.99. The Labute approximate surface area is 252 Å². The Bertz CT molecular complexity index is 1120. The molecule has 0 saturated heterocycles. The summed E-state index contributed by atoms with van der Waals surface area (Å²) in [6.45, 7) is 0. The van der Waals surface area contributed by atoms with Gasteiger partial charge in [0.2, 0.25) is 0 Å². The van der Waals surface area contributed by atoms with Gasteiger partial charge in [-0.3, -0.25) is 0 Å². The fourth-order valence-electron chi connectivity index (χ4n) is 2.72. The van der Waals surface area contributed by atoms with Crippen LogP contribution < -0.4 is 0 Å². The number of halogens is 14. The predicted molar refractivity (Wildman–Crippen MR) is 147 cm³/mol. The van der Waals surface area contributed by atoms with Crippen molar-refractivity contribution in [3.05, 3.63) is 70.3 Å². The van der Waals surface area contributed by atoms with Crippen LogP contribution in [-0.4, -0.2) is 0 Å². The van der Waals surface area contributed by atoms with E-state index in [1.165, 1.54) is 0 Å². The van der Waals surface area contributed by atoms with Gasteiger partial charge in [0, 0.05) is 22.3 Å². The van der Waals surface area contributed by atoms with Crippen molar-refractivity contribution in [1.29, 1.82) is 0 Å². The lowest BCUT2D eigenvalue weighted by Gasteiger charge is -2.21. The molecule has 0 atom stereocenters. The third-order valence-corrected chi connectivity index (χ3v) is 10.4. The van der Waals surface area contributed by atoms with Gasteiger partial charge in [0.1, 0.15) is 0 Å². The maximum absolute atomic E-state index is 6.57. The molecule has 0 N–H and O–H groups in total. The largest absolute Gasteiger partial charge is 0.0819 e. The number of hydrogen-bond acceptors (Lipinski definition) is 0. The lowest BCUT2D eigenvalue weighted by molar-refractivity contribution is 1.58. The normalized spacial score (nSPS) is 11.4. The van der Waals surface area contributed by atoms with Crippen LogP contribution in [0.15, 0.2) is 0 Å². The van der Waals surface area contributed by atoms with Crippen LogP contribution in [-0.2, 0) is 0 Å². The van der Waals surface area contributed by atoms with Crippen molar-refractivity contribution in [3.63, 3.8) is 0 Å². The van der Waals surface area contributed by atoms with Crippen LogP contribution in [0, 0.1) is 0 Å². The van der Waals surface area contributed by atoms with E-state index in [1.807, 2.05) is 0 Å². The second-order valence-corrected chi connectivity index (χ2v) is 11.2. The molecule has 0 aromatic heterocycles. The molecule has 0 unspecified atom stereocenters. The first kappa shape index (κ1) is 28.3. The molecule has 0 fully saturated rings. The highest BCUT2D eigenvalue weighted by Gasteiger charge is 2.31. The molecule has 0 aliphatic carbocycles. The molecule has 0 aliphatic rings. The van der Waals surface area contributed by atoms with E-state index in [0.717, 1.165) is 0 Å². The lowest BCUT2D eigenvalue weighted by Crippen LogP contribution is -1.95. The fourth-order valence-corrected chi connectivity index (χ4v) is 6.60. The van der Waals surface area contributed by atoms with E-state index < -0.39 is 0 Å². The van der Waals surface area contributed by atoms with Gasteiger partial charge in [-0.25, -0.2) is 0 Å². The van der Waals surface area contributed by atoms with Gasteiger partial charge in [-0.1, -0.05) is 162 Å². The molecule has 3 rings (SSSR count). The van der Waals surface area contributed by atoms with Crippen LogP contribution in [0.3, 0.4) is 0 Å². The Morgan fingerprint density at radius 1 is 0.156 bits per heavy atom. The quantitative estimate of drug-likeness (QED) is 0.183. The molecule has 0 amide bonds. The van der Waals surface area contributed by atoms with Crippen molar-refractivity contribution in [2.75, 3.05) is 0 Å². The molecule has 0 saturated carbocycles. The Kier molecular flexibility index (Phi) is 9.38. The maximum Gasteiger partial charge on any atom is 0.0809 e. The summed E-state index contributed by atoms with van der Waals surface area (Å²) < 4.78 is 0. The second kappa shape index (κ2) is 10.6. The van der Waals surface area contributed by atoms with Crippen molar-refractivity contribution >= 4 is 162 Å². The zero-order valence-electron chi connectivity index (χ0n) is 14.3. The van der Waals surface area contributed by atoms with E-state index in [4.69, 9.17) is 162 Å². The first-order valence-corrected chi connectivity index (χ1v) is 12.9. The Morgan fingerprint density at radius 2 is 0.250 bits per heavy atom. The molecule has 0 radical (unpaired) electrons. The smallest absolute Gasteiger partial charge is 0.0809 e. The summed E-state index contributed by atoms with van der Waals surface area (Å²) >= 11 is 88.6. The van der Waals surface area contributed by atoms with Crippen molar-refractivity contribution in [2.24, 2.45) is 0 Å². The summed E-state index contributed by atoms with van der Waals surface area (Å²) in [4.78, 5) is 0. The van der Waals surface area contributed by atoms with E-state index >= 15 is 0 Å². The highest BCUT2D eigenvalue weighted by molar-refractivity contribution is 6.60. The van der Waals surface area contributed by atoms with Gasteiger partial charge in [-0.05, 0) is 0 Å². The van der Waals surface area contributed by atoms with Crippen molar-refractivity contribution in [3.8, 4) is 22.3 Å². The molecule has 0 aliphatic heterocycles. The summed E-state index contributed by atoms with van der Waals surface area (Å²) in [7, 11) is 0. The van der Waals surface area contributed by atoms with Crippen LogP contribution in [0.5, 0.6) is 0 Å². The van der Waals surface area contributed by atoms with Crippen molar-refractivity contribution in [1.82, 2.24) is 0 Å².